The Kier molecular flexibility index (Phi) is 6.79. The number of nitrogens with one attached hydrogen (secondary N) is 1. The summed E-state index contributed by atoms with van der Waals surface area (Å²) in [4.78, 5) is 23.6. The van der Waals surface area contributed by atoms with Gasteiger partial charge in [0.05, 0.1) is 5.92 Å². The molecule has 2 rings (SSSR count). The van der Waals surface area contributed by atoms with Gasteiger partial charge in [-0.2, -0.15) is 0 Å². The molecule has 1 unspecified atom stereocenters. The molecule has 0 saturated carbocycles. The third-order valence-corrected chi connectivity index (χ3v) is 4.79. The molecule has 0 spiro atoms. The zero-order valence-corrected chi connectivity index (χ0v) is 14.5. The zero-order valence-electron chi connectivity index (χ0n) is 14.5. The molecule has 5 nitrogen and oxygen atoms in total. The van der Waals surface area contributed by atoms with E-state index in [0.717, 1.165) is 18.4 Å². The third kappa shape index (κ3) is 5.34. The van der Waals surface area contributed by atoms with Gasteiger partial charge in [-0.15, -0.1) is 0 Å². The molecular formula is C19H27NO4. The first-order chi connectivity index (χ1) is 11.5. The highest BCUT2D eigenvalue weighted by Gasteiger charge is 2.29. The van der Waals surface area contributed by atoms with Crippen LogP contribution in [0.2, 0.25) is 0 Å². The van der Waals surface area contributed by atoms with E-state index in [4.69, 9.17) is 4.74 Å². The second-order valence-corrected chi connectivity index (χ2v) is 6.63. The predicted molar refractivity (Wildman–Crippen MR) is 91.9 cm³/mol. The van der Waals surface area contributed by atoms with Crippen LogP contribution in [0.3, 0.4) is 0 Å². The molecule has 0 bridgehead atoms. The molecule has 0 aromatic heterocycles. The van der Waals surface area contributed by atoms with Gasteiger partial charge >= 0.3 is 5.97 Å². The maximum atomic E-state index is 12.1. The Balaban J connectivity index is 1.81. The number of ether oxygens (including phenoxy) is 1. The van der Waals surface area contributed by atoms with Crippen molar-refractivity contribution in [2.75, 3.05) is 19.8 Å². The fraction of sp³-hybridized carbons (Fsp3) is 0.579. The average Bonchev–Trinajstić information content (AvgIpc) is 2.55. The van der Waals surface area contributed by atoms with Gasteiger partial charge in [-0.1, -0.05) is 23.8 Å². The maximum absolute atomic E-state index is 12.1. The van der Waals surface area contributed by atoms with E-state index in [2.05, 4.69) is 17.4 Å². The molecule has 1 aliphatic rings. The van der Waals surface area contributed by atoms with E-state index < -0.39 is 11.9 Å². The zero-order chi connectivity index (χ0) is 17.5. The smallest absolute Gasteiger partial charge is 0.308 e. The van der Waals surface area contributed by atoms with Crippen LogP contribution in [0.1, 0.15) is 36.0 Å². The quantitative estimate of drug-likeness (QED) is 0.804. The summed E-state index contributed by atoms with van der Waals surface area (Å²) in [5.74, 6) is -1.38. The Bertz CT molecular complexity index is 579. The lowest BCUT2D eigenvalue weighted by molar-refractivity contribution is -0.144. The molecule has 1 aromatic carbocycles. The summed E-state index contributed by atoms with van der Waals surface area (Å²) in [7, 11) is 0. The van der Waals surface area contributed by atoms with Crippen molar-refractivity contribution in [3.63, 3.8) is 0 Å². The number of carbonyl (C=O) groups is 2. The summed E-state index contributed by atoms with van der Waals surface area (Å²) in [6.45, 7) is 5.51. The van der Waals surface area contributed by atoms with Gasteiger partial charge in [0.2, 0.25) is 5.91 Å². The van der Waals surface area contributed by atoms with Crippen LogP contribution in [0, 0.1) is 25.7 Å². The molecule has 1 fully saturated rings. The van der Waals surface area contributed by atoms with Crippen LogP contribution >= 0.6 is 0 Å². The van der Waals surface area contributed by atoms with Gasteiger partial charge in [0, 0.05) is 26.2 Å². The van der Waals surface area contributed by atoms with Crippen LogP contribution in [-0.2, 0) is 20.7 Å². The Morgan fingerprint density at radius 3 is 2.62 bits per heavy atom. The molecule has 1 heterocycles. The number of hydrogen-bond donors (Lipinski definition) is 2. The number of rotatable bonds is 7. The number of hydrogen-bond acceptors (Lipinski definition) is 3. The van der Waals surface area contributed by atoms with Crippen LogP contribution in [0.25, 0.3) is 0 Å². The molecular weight excluding hydrogens is 306 g/mol. The molecule has 5 heteroatoms. The lowest BCUT2D eigenvalue weighted by Crippen LogP contribution is -2.39. The predicted octanol–water partition coefficient (Wildman–Crippen LogP) is 2.48. The molecule has 0 aliphatic carbocycles. The molecule has 0 radical (unpaired) electrons. The highest BCUT2D eigenvalue weighted by molar-refractivity contribution is 5.77. The minimum absolute atomic E-state index is 0.0795. The molecule has 1 saturated heterocycles. The summed E-state index contributed by atoms with van der Waals surface area (Å²) in [6, 6.07) is 6.21. The Morgan fingerprint density at radius 1 is 1.29 bits per heavy atom. The normalized spacial score (nSPS) is 16.6. The second-order valence-electron chi connectivity index (χ2n) is 6.63. The van der Waals surface area contributed by atoms with E-state index in [1.807, 2.05) is 19.9 Å². The van der Waals surface area contributed by atoms with E-state index in [-0.39, 0.29) is 18.4 Å². The fourth-order valence-corrected chi connectivity index (χ4v) is 3.26. The number of carboxylic acids is 1. The fourth-order valence-electron chi connectivity index (χ4n) is 3.26. The van der Waals surface area contributed by atoms with Gasteiger partial charge in [0.1, 0.15) is 0 Å². The molecule has 24 heavy (non-hydrogen) atoms. The number of benzene rings is 1. The van der Waals surface area contributed by atoms with Crippen LogP contribution < -0.4 is 5.32 Å². The third-order valence-electron chi connectivity index (χ3n) is 4.79. The van der Waals surface area contributed by atoms with Gasteiger partial charge in [-0.05, 0) is 50.2 Å². The van der Waals surface area contributed by atoms with Crippen LogP contribution in [0.15, 0.2) is 18.2 Å². The van der Waals surface area contributed by atoms with E-state index in [0.29, 0.717) is 26.1 Å². The monoisotopic (exact) mass is 333 g/mol. The van der Waals surface area contributed by atoms with E-state index in [9.17, 15) is 14.7 Å². The second kappa shape index (κ2) is 8.83. The summed E-state index contributed by atoms with van der Waals surface area (Å²) in [6.07, 6.45) is 2.54. The number of carboxylic acid groups (broad SMARTS) is 1. The maximum Gasteiger partial charge on any atom is 0.308 e. The largest absolute Gasteiger partial charge is 0.481 e. The number of carbonyl (C=O) groups excluding carboxylic acids is 1. The molecule has 132 valence electrons. The van der Waals surface area contributed by atoms with Crippen molar-refractivity contribution in [3.8, 4) is 0 Å². The van der Waals surface area contributed by atoms with E-state index in [1.165, 1.54) is 11.1 Å². The molecule has 1 amide bonds. The highest BCUT2D eigenvalue weighted by atomic mass is 16.5. The van der Waals surface area contributed by atoms with Crippen molar-refractivity contribution in [1.82, 2.24) is 5.32 Å². The number of aliphatic carboxylic acids is 1. The Morgan fingerprint density at radius 2 is 2.00 bits per heavy atom. The number of aryl methyl sites for hydroxylation is 3. The minimum Gasteiger partial charge on any atom is -0.481 e. The topological polar surface area (TPSA) is 75.6 Å². The van der Waals surface area contributed by atoms with Gasteiger partial charge < -0.3 is 15.2 Å². The Hall–Kier alpha value is -1.88. The molecule has 1 aliphatic heterocycles. The lowest BCUT2D eigenvalue weighted by Gasteiger charge is -2.27. The standard InChI is InChI=1S/C19H27NO4/c1-13-3-4-15(14(2)11-13)5-6-18(21)20-12-17(19(22)23)16-7-9-24-10-8-16/h3-4,11,16-17H,5-10,12H2,1-2H3,(H,20,21)(H,22,23). The first-order valence-corrected chi connectivity index (χ1v) is 8.60. The van der Waals surface area contributed by atoms with Crippen molar-refractivity contribution in [2.45, 2.75) is 39.5 Å². The molecule has 1 aromatic rings. The van der Waals surface area contributed by atoms with Crippen LogP contribution in [-0.4, -0.2) is 36.7 Å². The summed E-state index contributed by atoms with van der Waals surface area (Å²) in [5, 5.41) is 12.2. The SMILES string of the molecule is Cc1ccc(CCC(=O)NCC(C(=O)O)C2CCOCC2)c(C)c1. The average molecular weight is 333 g/mol. The van der Waals surface area contributed by atoms with Crippen molar-refractivity contribution in [1.29, 1.82) is 0 Å². The molecule has 2 N–H and O–H groups in total. The van der Waals surface area contributed by atoms with E-state index in [1.54, 1.807) is 0 Å². The molecule has 1 atom stereocenters. The van der Waals surface area contributed by atoms with Gasteiger partial charge in [0.25, 0.3) is 0 Å². The van der Waals surface area contributed by atoms with Crippen LogP contribution in [0.4, 0.5) is 0 Å². The minimum atomic E-state index is -0.837. The number of amides is 1. The summed E-state index contributed by atoms with van der Waals surface area (Å²) in [5.41, 5.74) is 3.56. The lowest BCUT2D eigenvalue weighted by atomic mass is 9.86. The highest BCUT2D eigenvalue weighted by Crippen LogP contribution is 2.23. The van der Waals surface area contributed by atoms with Crippen molar-refractivity contribution >= 4 is 11.9 Å². The first-order valence-electron chi connectivity index (χ1n) is 8.60. The van der Waals surface area contributed by atoms with Gasteiger partial charge in [-0.3, -0.25) is 9.59 Å². The summed E-state index contributed by atoms with van der Waals surface area (Å²) < 4.78 is 5.28. The summed E-state index contributed by atoms with van der Waals surface area (Å²) >= 11 is 0. The van der Waals surface area contributed by atoms with E-state index >= 15 is 0 Å². The van der Waals surface area contributed by atoms with Gasteiger partial charge in [0.15, 0.2) is 0 Å². The Labute approximate surface area is 143 Å². The first kappa shape index (κ1) is 18.5. The van der Waals surface area contributed by atoms with Crippen molar-refractivity contribution in [3.05, 3.63) is 34.9 Å². The van der Waals surface area contributed by atoms with Gasteiger partial charge in [-0.25, -0.2) is 0 Å². The van der Waals surface area contributed by atoms with Crippen molar-refractivity contribution < 1.29 is 19.4 Å². The van der Waals surface area contributed by atoms with Crippen LogP contribution in [0.5, 0.6) is 0 Å². The van der Waals surface area contributed by atoms with Crippen molar-refractivity contribution in [2.24, 2.45) is 11.8 Å².